The van der Waals surface area contributed by atoms with Gasteiger partial charge in [0, 0.05) is 49.2 Å². The second-order valence-electron chi connectivity index (χ2n) is 6.77. The van der Waals surface area contributed by atoms with Crippen molar-refractivity contribution in [3.05, 3.63) is 35.5 Å². The van der Waals surface area contributed by atoms with Gasteiger partial charge in [0.1, 0.15) is 11.6 Å². The first kappa shape index (κ1) is 17.5. The summed E-state index contributed by atoms with van der Waals surface area (Å²) in [5, 5.41) is 9.12. The maximum Gasteiger partial charge on any atom is 0.225 e. The van der Waals surface area contributed by atoms with Crippen LogP contribution in [-0.2, 0) is 6.42 Å². The minimum atomic E-state index is 0.0619. The van der Waals surface area contributed by atoms with E-state index in [9.17, 15) is 0 Å². The van der Waals surface area contributed by atoms with Gasteiger partial charge in [0.05, 0.1) is 6.61 Å². The molecule has 1 aliphatic rings. The van der Waals surface area contributed by atoms with E-state index in [0.29, 0.717) is 12.2 Å². The smallest absolute Gasteiger partial charge is 0.225 e. The van der Waals surface area contributed by atoms with Gasteiger partial charge in [0.15, 0.2) is 0 Å². The lowest BCUT2D eigenvalue weighted by Gasteiger charge is -2.45. The Morgan fingerprint density at radius 1 is 1.08 bits per heavy atom. The van der Waals surface area contributed by atoms with Crippen LogP contribution in [0.25, 0.3) is 0 Å². The Bertz CT molecular complexity index is 705. The topological polar surface area (TPSA) is 78.3 Å². The highest BCUT2D eigenvalue weighted by Crippen LogP contribution is 2.25. The number of nitrogens with zero attached hydrogens (tertiary/aromatic N) is 6. The molecule has 0 aromatic carbocycles. The lowest BCUT2D eigenvalue weighted by Crippen LogP contribution is -2.57. The molecule has 2 aromatic heterocycles. The zero-order valence-corrected chi connectivity index (χ0v) is 15.3. The summed E-state index contributed by atoms with van der Waals surface area (Å²) in [5.41, 5.74) is 1.99. The second-order valence-corrected chi connectivity index (χ2v) is 6.77. The van der Waals surface area contributed by atoms with Gasteiger partial charge in [-0.1, -0.05) is 0 Å². The third kappa shape index (κ3) is 3.87. The Hall–Kier alpha value is -2.28. The highest BCUT2D eigenvalue weighted by molar-refractivity contribution is 5.45. The van der Waals surface area contributed by atoms with Gasteiger partial charge in [-0.25, -0.2) is 19.9 Å². The summed E-state index contributed by atoms with van der Waals surface area (Å²) >= 11 is 0. The number of rotatable bonds is 4. The van der Waals surface area contributed by atoms with E-state index in [1.165, 1.54) is 0 Å². The summed E-state index contributed by atoms with van der Waals surface area (Å²) in [6.45, 7) is 10.1. The van der Waals surface area contributed by atoms with Crippen molar-refractivity contribution >= 4 is 11.8 Å². The maximum atomic E-state index is 9.12. The van der Waals surface area contributed by atoms with Gasteiger partial charge in [-0.2, -0.15) is 0 Å². The zero-order valence-electron chi connectivity index (χ0n) is 15.3. The van der Waals surface area contributed by atoms with Crippen molar-refractivity contribution in [1.29, 1.82) is 0 Å². The first-order valence-electron chi connectivity index (χ1n) is 8.76. The molecule has 0 aliphatic carbocycles. The SMILES string of the molecule is Cc1cc(C)nc(N2C[C@@H](C)N(c3ccnc(CCO)n3)[C@@H](C)C2)n1. The summed E-state index contributed by atoms with van der Waals surface area (Å²) in [6, 6.07) is 4.47. The molecule has 0 spiro atoms. The zero-order chi connectivity index (χ0) is 18.0. The number of aryl methyl sites for hydroxylation is 2. The van der Waals surface area contributed by atoms with Crippen LogP contribution in [0.1, 0.15) is 31.1 Å². The molecule has 0 bridgehead atoms. The highest BCUT2D eigenvalue weighted by atomic mass is 16.3. The minimum Gasteiger partial charge on any atom is -0.396 e. The lowest BCUT2D eigenvalue weighted by molar-refractivity contribution is 0.296. The third-order valence-electron chi connectivity index (χ3n) is 4.46. The lowest BCUT2D eigenvalue weighted by atomic mass is 10.1. The molecule has 2 atom stereocenters. The Balaban J connectivity index is 1.81. The van der Waals surface area contributed by atoms with Crippen LogP contribution < -0.4 is 9.80 Å². The predicted molar refractivity (Wildman–Crippen MR) is 97.9 cm³/mol. The molecule has 7 heteroatoms. The van der Waals surface area contributed by atoms with Crippen molar-refractivity contribution in [2.45, 2.75) is 46.2 Å². The Kier molecular flexibility index (Phi) is 5.13. The van der Waals surface area contributed by atoms with Crippen molar-refractivity contribution in [3.63, 3.8) is 0 Å². The van der Waals surface area contributed by atoms with Crippen LogP contribution in [0.5, 0.6) is 0 Å². The standard InChI is InChI=1S/C18H26N6O/c1-12-9-13(2)21-18(20-12)23-10-14(3)24(15(4)11-23)17-5-7-19-16(22-17)6-8-25/h5,7,9,14-15,25H,6,8,10-11H2,1-4H3/t14-,15+. The normalized spacial score (nSPS) is 20.8. The van der Waals surface area contributed by atoms with E-state index in [-0.39, 0.29) is 18.7 Å². The molecule has 0 saturated carbocycles. The Morgan fingerprint density at radius 2 is 1.72 bits per heavy atom. The van der Waals surface area contributed by atoms with Crippen LogP contribution in [0.2, 0.25) is 0 Å². The first-order valence-corrected chi connectivity index (χ1v) is 8.76. The van der Waals surface area contributed by atoms with Gasteiger partial charge in [0.2, 0.25) is 5.95 Å². The van der Waals surface area contributed by atoms with Crippen molar-refractivity contribution < 1.29 is 5.11 Å². The highest BCUT2D eigenvalue weighted by Gasteiger charge is 2.31. The van der Waals surface area contributed by atoms with Crippen LogP contribution in [0, 0.1) is 13.8 Å². The largest absolute Gasteiger partial charge is 0.396 e. The fourth-order valence-corrected chi connectivity index (χ4v) is 3.54. The molecule has 1 aliphatic heterocycles. The number of hydrogen-bond donors (Lipinski definition) is 1. The molecule has 0 amide bonds. The van der Waals surface area contributed by atoms with E-state index in [0.717, 1.165) is 36.2 Å². The van der Waals surface area contributed by atoms with Crippen LogP contribution in [0.3, 0.4) is 0 Å². The van der Waals surface area contributed by atoms with Crippen LogP contribution >= 0.6 is 0 Å². The molecule has 1 N–H and O–H groups in total. The summed E-state index contributed by atoms with van der Waals surface area (Å²) in [4.78, 5) is 22.6. The molecule has 3 rings (SSSR count). The average Bonchev–Trinajstić information content (AvgIpc) is 2.54. The predicted octanol–water partition coefficient (Wildman–Crippen LogP) is 1.52. The average molecular weight is 342 g/mol. The quantitative estimate of drug-likeness (QED) is 0.902. The summed E-state index contributed by atoms with van der Waals surface area (Å²) in [5.74, 6) is 2.40. The van der Waals surface area contributed by atoms with E-state index >= 15 is 0 Å². The number of aliphatic hydroxyl groups excluding tert-OH is 1. The first-order chi connectivity index (χ1) is 12.0. The van der Waals surface area contributed by atoms with Crippen LogP contribution in [0.4, 0.5) is 11.8 Å². The molecule has 1 fully saturated rings. The van der Waals surface area contributed by atoms with Gasteiger partial charge >= 0.3 is 0 Å². The molecule has 1 saturated heterocycles. The van der Waals surface area contributed by atoms with E-state index in [2.05, 4.69) is 43.6 Å². The van der Waals surface area contributed by atoms with Gasteiger partial charge in [-0.05, 0) is 39.8 Å². The van der Waals surface area contributed by atoms with Gasteiger partial charge in [-0.15, -0.1) is 0 Å². The van der Waals surface area contributed by atoms with Crippen molar-refractivity contribution in [3.8, 4) is 0 Å². The number of hydrogen-bond acceptors (Lipinski definition) is 7. The fraction of sp³-hybridized carbons (Fsp3) is 0.556. The molecule has 0 unspecified atom stereocenters. The van der Waals surface area contributed by atoms with Crippen molar-refractivity contribution in [2.24, 2.45) is 0 Å². The summed E-state index contributed by atoms with van der Waals surface area (Å²) < 4.78 is 0. The van der Waals surface area contributed by atoms with Crippen molar-refractivity contribution in [2.75, 3.05) is 29.5 Å². The fourth-order valence-electron chi connectivity index (χ4n) is 3.54. The Morgan fingerprint density at radius 3 is 2.32 bits per heavy atom. The van der Waals surface area contributed by atoms with Crippen LogP contribution in [-0.4, -0.2) is 56.8 Å². The molecule has 134 valence electrons. The molecular weight excluding hydrogens is 316 g/mol. The molecule has 25 heavy (non-hydrogen) atoms. The van der Waals surface area contributed by atoms with E-state index < -0.39 is 0 Å². The molecule has 3 heterocycles. The minimum absolute atomic E-state index is 0.0619. The number of aromatic nitrogens is 4. The maximum absolute atomic E-state index is 9.12. The number of anilines is 2. The Labute approximate surface area is 148 Å². The number of piperazine rings is 1. The van der Waals surface area contributed by atoms with Gasteiger partial charge < -0.3 is 14.9 Å². The molecular formula is C18H26N6O. The third-order valence-corrected chi connectivity index (χ3v) is 4.46. The summed E-state index contributed by atoms with van der Waals surface area (Å²) in [7, 11) is 0. The van der Waals surface area contributed by atoms with Crippen LogP contribution in [0.15, 0.2) is 18.3 Å². The molecule has 2 aromatic rings. The molecule has 0 radical (unpaired) electrons. The number of aliphatic hydroxyl groups is 1. The molecule has 7 nitrogen and oxygen atoms in total. The summed E-state index contributed by atoms with van der Waals surface area (Å²) in [6.07, 6.45) is 2.25. The van der Waals surface area contributed by atoms with E-state index in [4.69, 9.17) is 5.11 Å². The van der Waals surface area contributed by atoms with Gasteiger partial charge in [0.25, 0.3) is 0 Å². The van der Waals surface area contributed by atoms with Gasteiger partial charge in [-0.3, -0.25) is 0 Å². The second kappa shape index (κ2) is 7.31. The monoisotopic (exact) mass is 342 g/mol. The van der Waals surface area contributed by atoms with E-state index in [1.807, 2.05) is 26.0 Å². The van der Waals surface area contributed by atoms with E-state index in [1.54, 1.807) is 6.20 Å². The van der Waals surface area contributed by atoms with Crippen molar-refractivity contribution in [1.82, 2.24) is 19.9 Å².